The van der Waals surface area contributed by atoms with E-state index < -0.39 is 11.9 Å². The van der Waals surface area contributed by atoms with Gasteiger partial charge in [0.25, 0.3) is 0 Å². The zero-order chi connectivity index (χ0) is 15.4. The molecule has 1 aromatic heterocycles. The summed E-state index contributed by atoms with van der Waals surface area (Å²) in [5, 5.41) is 13.6. The van der Waals surface area contributed by atoms with Crippen LogP contribution in [0.1, 0.15) is 30.7 Å². The third-order valence-electron chi connectivity index (χ3n) is 3.53. The quantitative estimate of drug-likeness (QED) is 0.857. The van der Waals surface area contributed by atoms with Gasteiger partial charge in [0.15, 0.2) is 0 Å². The maximum absolute atomic E-state index is 12.3. The maximum atomic E-state index is 12.3. The molecular formula is C14H18N2O4S. The van der Waals surface area contributed by atoms with Crippen LogP contribution in [0.4, 0.5) is 0 Å². The zero-order valence-corrected chi connectivity index (χ0v) is 12.6. The number of hydrogen-bond donors (Lipinski definition) is 2. The Bertz CT molecular complexity index is 529. The first-order valence-electron chi connectivity index (χ1n) is 6.78. The van der Waals surface area contributed by atoms with Crippen LogP contribution in [0, 0.1) is 5.92 Å². The number of rotatable bonds is 5. The molecule has 0 aliphatic carbocycles. The summed E-state index contributed by atoms with van der Waals surface area (Å²) in [5.41, 5.74) is 0. The lowest BCUT2D eigenvalue weighted by atomic mass is 10.1. The summed E-state index contributed by atoms with van der Waals surface area (Å²) in [6, 6.07) is 3.40. The standard InChI is InChI=1S/C14H18N2O4S/c1-9(17)15-11(12-3-2-6-21-12)7-13(18)16-5-4-10(8-16)14(19)20/h2-3,6,10-11H,4-5,7-8H2,1H3,(H,15,17)(H,19,20). The largest absolute Gasteiger partial charge is 0.481 e. The molecule has 2 heterocycles. The molecule has 7 heteroatoms. The molecule has 0 radical (unpaired) electrons. The predicted molar refractivity (Wildman–Crippen MR) is 77.8 cm³/mol. The number of carboxylic acid groups (broad SMARTS) is 1. The van der Waals surface area contributed by atoms with Crippen LogP contribution in [0.15, 0.2) is 17.5 Å². The molecule has 1 aliphatic rings. The number of nitrogens with one attached hydrogen (secondary N) is 1. The van der Waals surface area contributed by atoms with Crippen molar-refractivity contribution >= 4 is 29.1 Å². The molecule has 2 atom stereocenters. The van der Waals surface area contributed by atoms with Crippen LogP contribution >= 0.6 is 11.3 Å². The second kappa shape index (κ2) is 6.71. The molecule has 2 amide bonds. The molecule has 0 aromatic carbocycles. The lowest BCUT2D eigenvalue weighted by molar-refractivity contribution is -0.141. The average Bonchev–Trinajstić information content (AvgIpc) is 3.09. The number of amides is 2. The molecule has 0 spiro atoms. The van der Waals surface area contributed by atoms with Gasteiger partial charge in [0.05, 0.1) is 18.4 Å². The number of thiophene rings is 1. The molecule has 2 rings (SSSR count). The molecule has 0 saturated carbocycles. The summed E-state index contributed by atoms with van der Waals surface area (Å²) in [4.78, 5) is 37.0. The van der Waals surface area contributed by atoms with Crippen molar-refractivity contribution in [1.82, 2.24) is 10.2 Å². The van der Waals surface area contributed by atoms with Crippen LogP contribution in [0.5, 0.6) is 0 Å². The SMILES string of the molecule is CC(=O)NC(CC(=O)N1CCC(C(=O)O)C1)c1cccs1. The van der Waals surface area contributed by atoms with Gasteiger partial charge in [-0.2, -0.15) is 0 Å². The zero-order valence-electron chi connectivity index (χ0n) is 11.7. The van der Waals surface area contributed by atoms with Crippen LogP contribution in [-0.4, -0.2) is 40.9 Å². The molecule has 1 fully saturated rings. The third-order valence-corrected chi connectivity index (χ3v) is 4.52. The van der Waals surface area contributed by atoms with Gasteiger partial charge >= 0.3 is 5.97 Å². The van der Waals surface area contributed by atoms with Gasteiger partial charge in [0, 0.05) is 24.9 Å². The van der Waals surface area contributed by atoms with Crippen LogP contribution in [0.25, 0.3) is 0 Å². The number of carbonyl (C=O) groups excluding carboxylic acids is 2. The first-order valence-corrected chi connectivity index (χ1v) is 7.66. The number of hydrogen-bond acceptors (Lipinski definition) is 4. The highest BCUT2D eigenvalue weighted by atomic mass is 32.1. The van der Waals surface area contributed by atoms with E-state index in [0.717, 1.165) is 4.88 Å². The number of carboxylic acids is 1. The van der Waals surface area contributed by atoms with Crippen molar-refractivity contribution in [2.45, 2.75) is 25.8 Å². The van der Waals surface area contributed by atoms with Crippen molar-refractivity contribution in [3.63, 3.8) is 0 Å². The topological polar surface area (TPSA) is 86.7 Å². The third kappa shape index (κ3) is 4.04. The van der Waals surface area contributed by atoms with Gasteiger partial charge in [-0.25, -0.2) is 0 Å². The lowest BCUT2D eigenvalue weighted by Crippen LogP contribution is -2.35. The summed E-state index contributed by atoms with van der Waals surface area (Å²) < 4.78 is 0. The van der Waals surface area contributed by atoms with Gasteiger partial charge in [0.1, 0.15) is 0 Å². The molecule has 6 nitrogen and oxygen atoms in total. The number of carbonyl (C=O) groups is 3. The maximum Gasteiger partial charge on any atom is 0.308 e. The van der Waals surface area contributed by atoms with Crippen molar-refractivity contribution in [2.75, 3.05) is 13.1 Å². The monoisotopic (exact) mass is 310 g/mol. The van der Waals surface area contributed by atoms with Crippen molar-refractivity contribution in [3.05, 3.63) is 22.4 Å². The number of likely N-dealkylation sites (tertiary alicyclic amines) is 1. The van der Waals surface area contributed by atoms with Crippen LogP contribution in [0.3, 0.4) is 0 Å². The van der Waals surface area contributed by atoms with Gasteiger partial charge in [-0.1, -0.05) is 6.07 Å². The van der Waals surface area contributed by atoms with Gasteiger partial charge in [0.2, 0.25) is 11.8 Å². The smallest absolute Gasteiger partial charge is 0.308 e. The van der Waals surface area contributed by atoms with Crippen LogP contribution < -0.4 is 5.32 Å². The van der Waals surface area contributed by atoms with E-state index in [1.54, 1.807) is 4.90 Å². The van der Waals surface area contributed by atoms with Crippen molar-refractivity contribution < 1.29 is 19.5 Å². The fourth-order valence-corrected chi connectivity index (χ4v) is 3.23. The molecule has 21 heavy (non-hydrogen) atoms. The van der Waals surface area contributed by atoms with Gasteiger partial charge in [-0.15, -0.1) is 11.3 Å². The van der Waals surface area contributed by atoms with Gasteiger partial charge in [-0.3, -0.25) is 14.4 Å². The molecule has 1 aromatic rings. The molecule has 2 unspecified atom stereocenters. The molecule has 2 N–H and O–H groups in total. The fraction of sp³-hybridized carbons (Fsp3) is 0.500. The Hall–Kier alpha value is -1.89. The van der Waals surface area contributed by atoms with E-state index in [1.165, 1.54) is 18.3 Å². The molecule has 0 bridgehead atoms. The first-order chi connectivity index (χ1) is 9.97. The Balaban J connectivity index is 1.99. The number of nitrogens with zero attached hydrogens (tertiary/aromatic N) is 1. The van der Waals surface area contributed by atoms with E-state index in [1.807, 2.05) is 17.5 Å². The van der Waals surface area contributed by atoms with E-state index in [9.17, 15) is 14.4 Å². The lowest BCUT2D eigenvalue weighted by Gasteiger charge is -2.21. The van der Waals surface area contributed by atoms with Crippen molar-refractivity contribution in [1.29, 1.82) is 0 Å². The minimum absolute atomic E-state index is 0.120. The van der Waals surface area contributed by atoms with Crippen molar-refractivity contribution in [2.24, 2.45) is 5.92 Å². The minimum atomic E-state index is -0.859. The molecule has 1 saturated heterocycles. The highest BCUT2D eigenvalue weighted by Gasteiger charge is 2.32. The van der Waals surface area contributed by atoms with Gasteiger partial charge < -0.3 is 15.3 Å². The number of aliphatic carboxylic acids is 1. The Labute approximate surface area is 126 Å². The van der Waals surface area contributed by atoms with Crippen LogP contribution in [0.2, 0.25) is 0 Å². The van der Waals surface area contributed by atoms with Crippen molar-refractivity contribution in [3.8, 4) is 0 Å². The Morgan fingerprint density at radius 3 is 2.81 bits per heavy atom. The molecular weight excluding hydrogens is 292 g/mol. The summed E-state index contributed by atoms with van der Waals surface area (Å²) in [5.74, 6) is -1.64. The minimum Gasteiger partial charge on any atom is -0.481 e. The van der Waals surface area contributed by atoms with E-state index >= 15 is 0 Å². The van der Waals surface area contributed by atoms with Gasteiger partial charge in [-0.05, 0) is 17.9 Å². The highest BCUT2D eigenvalue weighted by molar-refractivity contribution is 7.10. The predicted octanol–water partition coefficient (Wildman–Crippen LogP) is 1.25. The van der Waals surface area contributed by atoms with E-state index in [2.05, 4.69) is 5.32 Å². The summed E-state index contributed by atoms with van der Waals surface area (Å²) in [7, 11) is 0. The summed E-state index contributed by atoms with van der Waals surface area (Å²) in [6.45, 7) is 2.14. The highest BCUT2D eigenvalue weighted by Crippen LogP contribution is 2.25. The normalized spacial score (nSPS) is 19.3. The van der Waals surface area contributed by atoms with E-state index in [4.69, 9.17) is 5.11 Å². The average molecular weight is 310 g/mol. The Kier molecular flexibility index (Phi) is 4.95. The molecule has 114 valence electrons. The summed E-state index contributed by atoms with van der Waals surface area (Å²) >= 11 is 1.48. The van der Waals surface area contributed by atoms with Crippen LogP contribution in [-0.2, 0) is 14.4 Å². The first kappa shape index (κ1) is 15.5. The second-order valence-electron chi connectivity index (χ2n) is 5.14. The van der Waals surface area contributed by atoms with E-state index in [0.29, 0.717) is 13.0 Å². The second-order valence-corrected chi connectivity index (χ2v) is 6.12. The summed E-state index contributed by atoms with van der Waals surface area (Å²) in [6.07, 6.45) is 0.650. The Morgan fingerprint density at radius 2 is 2.29 bits per heavy atom. The fourth-order valence-electron chi connectivity index (χ4n) is 2.45. The Morgan fingerprint density at radius 1 is 1.52 bits per heavy atom. The van der Waals surface area contributed by atoms with E-state index in [-0.39, 0.29) is 30.8 Å². The molecule has 1 aliphatic heterocycles.